The lowest BCUT2D eigenvalue weighted by atomic mass is 10.1. The maximum absolute atomic E-state index is 12.3. The van der Waals surface area contributed by atoms with Crippen molar-refractivity contribution in [3.63, 3.8) is 0 Å². The summed E-state index contributed by atoms with van der Waals surface area (Å²) in [6, 6.07) is 3.67. The van der Waals surface area contributed by atoms with Crippen LogP contribution in [-0.2, 0) is 4.79 Å². The number of nitriles is 1. The molecule has 4 heterocycles. The molecule has 1 aliphatic rings. The molecular formula is C16H15N7O2. The van der Waals surface area contributed by atoms with Gasteiger partial charge in [-0.25, -0.2) is 4.98 Å². The number of fused-ring (bicyclic) bond motifs is 1. The summed E-state index contributed by atoms with van der Waals surface area (Å²) in [5.74, 6) is 1.16. The third-order valence-corrected chi connectivity index (χ3v) is 4.19. The number of carbonyl (C=O) groups is 1. The number of hydrogen-bond acceptors (Lipinski definition) is 7. The highest BCUT2D eigenvalue weighted by molar-refractivity contribution is 5.92. The summed E-state index contributed by atoms with van der Waals surface area (Å²) in [5, 5.41) is 15.6. The summed E-state index contributed by atoms with van der Waals surface area (Å²) in [4.78, 5) is 22.5. The molecule has 3 aromatic rings. The Balaban J connectivity index is 1.53. The topological polar surface area (TPSA) is 112 Å². The lowest BCUT2D eigenvalue weighted by Crippen LogP contribution is -2.25. The number of anilines is 1. The molecule has 1 fully saturated rings. The fourth-order valence-corrected chi connectivity index (χ4v) is 2.89. The number of rotatable bonds is 3. The predicted molar refractivity (Wildman–Crippen MR) is 87.1 cm³/mol. The molecule has 9 heteroatoms. The van der Waals surface area contributed by atoms with E-state index in [9.17, 15) is 4.79 Å². The molecule has 1 unspecified atom stereocenters. The van der Waals surface area contributed by atoms with Gasteiger partial charge in [-0.05, 0) is 18.6 Å². The van der Waals surface area contributed by atoms with E-state index < -0.39 is 0 Å². The van der Waals surface area contributed by atoms with Gasteiger partial charge in [-0.3, -0.25) is 4.79 Å². The molecule has 0 aromatic carbocycles. The Morgan fingerprint density at radius 3 is 3.00 bits per heavy atom. The molecule has 0 spiro atoms. The van der Waals surface area contributed by atoms with Gasteiger partial charge >= 0.3 is 0 Å². The first-order valence-corrected chi connectivity index (χ1v) is 7.87. The summed E-state index contributed by atoms with van der Waals surface area (Å²) in [5.41, 5.74) is 1.49. The maximum atomic E-state index is 12.3. The van der Waals surface area contributed by atoms with Crippen molar-refractivity contribution in [2.24, 2.45) is 5.92 Å². The molecule has 3 aromatic heterocycles. The van der Waals surface area contributed by atoms with Gasteiger partial charge in [-0.15, -0.1) is 0 Å². The van der Waals surface area contributed by atoms with Gasteiger partial charge in [-0.1, -0.05) is 5.16 Å². The first kappa shape index (κ1) is 15.1. The van der Waals surface area contributed by atoms with Crippen LogP contribution in [0.2, 0.25) is 0 Å². The molecule has 126 valence electrons. The molecule has 1 saturated heterocycles. The van der Waals surface area contributed by atoms with Crippen molar-refractivity contribution >= 4 is 17.4 Å². The highest BCUT2D eigenvalue weighted by Crippen LogP contribution is 2.20. The quantitative estimate of drug-likeness (QED) is 0.719. The predicted octanol–water partition coefficient (Wildman–Crippen LogP) is 1.43. The number of hydrogen-bond donors (Lipinski definition) is 1. The first-order chi connectivity index (χ1) is 12.1. The molecule has 1 atom stereocenters. The van der Waals surface area contributed by atoms with Gasteiger partial charge in [0.25, 0.3) is 0 Å². The average Bonchev–Trinajstić information content (AvgIpc) is 3.32. The Kier molecular flexibility index (Phi) is 3.57. The van der Waals surface area contributed by atoms with E-state index in [2.05, 4.69) is 26.6 Å². The van der Waals surface area contributed by atoms with Crippen molar-refractivity contribution in [2.45, 2.75) is 13.3 Å². The van der Waals surface area contributed by atoms with Gasteiger partial charge in [0.1, 0.15) is 5.65 Å². The molecule has 0 aliphatic carbocycles. The average molecular weight is 337 g/mol. The fourth-order valence-electron chi connectivity index (χ4n) is 2.89. The summed E-state index contributed by atoms with van der Waals surface area (Å²) in [7, 11) is 0. The monoisotopic (exact) mass is 337 g/mol. The summed E-state index contributed by atoms with van der Waals surface area (Å²) < 4.78 is 6.79. The summed E-state index contributed by atoms with van der Waals surface area (Å²) in [6.45, 7) is 2.81. The Morgan fingerprint density at radius 2 is 2.28 bits per heavy atom. The molecule has 4 rings (SSSR count). The van der Waals surface area contributed by atoms with Crippen molar-refractivity contribution in [1.82, 2.24) is 24.4 Å². The van der Waals surface area contributed by atoms with E-state index in [-0.39, 0.29) is 11.8 Å². The minimum absolute atomic E-state index is 0.116. The third kappa shape index (κ3) is 2.89. The number of aromatic nitrogens is 4. The Labute approximate surface area is 142 Å². The van der Waals surface area contributed by atoms with Crippen LogP contribution in [0.4, 0.5) is 5.82 Å². The molecule has 25 heavy (non-hydrogen) atoms. The van der Waals surface area contributed by atoms with Crippen LogP contribution < -0.4 is 5.32 Å². The Hall–Kier alpha value is -3.41. The van der Waals surface area contributed by atoms with Gasteiger partial charge in [0.15, 0.2) is 12.0 Å². The zero-order chi connectivity index (χ0) is 17.4. The van der Waals surface area contributed by atoms with E-state index in [4.69, 9.17) is 9.78 Å². The molecule has 1 aliphatic heterocycles. The summed E-state index contributed by atoms with van der Waals surface area (Å²) >= 11 is 0. The molecule has 9 nitrogen and oxygen atoms in total. The van der Waals surface area contributed by atoms with Crippen LogP contribution in [0.1, 0.15) is 12.3 Å². The van der Waals surface area contributed by atoms with Crippen LogP contribution >= 0.6 is 0 Å². The number of pyridine rings is 1. The maximum Gasteiger partial charge on any atom is 0.230 e. The van der Waals surface area contributed by atoms with Crippen LogP contribution in [0.5, 0.6) is 0 Å². The SMILES string of the molecule is Cc1nc(-c2ccc3nc(NC(=O)C4CCN(C#N)C4)cn3c2)no1. The van der Waals surface area contributed by atoms with Gasteiger partial charge < -0.3 is 19.1 Å². The molecule has 0 saturated carbocycles. The highest BCUT2D eigenvalue weighted by Gasteiger charge is 2.28. The second kappa shape index (κ2) is 5.90. The van der Waals surface area contributed by atoms with Gasteiger partial charge in [0.05, 0.1) is 12.1 Å². The molecule has 0 bridgehead atoms. The van der Waals surface area contributed by atoms with Gasteiger partial charge in [0.2, 0.25) is 17.6 Å². The molecular weight excluding hydrogens is 322 g/mol. The van der Waals surface area contributed by atoms with Gasteiger partial charge in [-0.2, -0.15) is 10.2 Å². The number of imidazole rings is 1. The van der Waals surface area contributed by atoms with Crippen molar-refractivity contribution in [3.05, 3.63) is 30.4 Å². The largest absolute Gasteiger partial charge is 0.339 e. The van der Waals surface area contributed by atoms with Crippen LogP contribution in [0, 0.1) is 24.3 Å². The lowest BCUT2D eigenvalue weighted by molar-refractivity contribution is -0.119. The lowest BCUT2D eigenvalue weighted by Gasteiger charge is -2.08. The van der Waals surface area contributed by atoms with Crippen molar-refractivity contribution < 1.29 is 9.32 Å². The Bertz CT molecular complexity index is 984. The van der Waals surface area contributed by atoms with Crippen LogP contribution in [0.25, 0.3) is 17.0 Å². The number of nitrogens with one attached hydrogen (secondary N) is 1. The molecule has 1 amide bonds. The van der Waals surface area contributed by atoms with Crippen LogP contribution in [0.3, 0.4) is 0 Å². The minimum atomic E-state index is -0.192. The second-order valence-electron chi connectivity index (χ2n) is 5.97. The molecule has 0 radical (unpaired) electrons. The van der Waals surface area contributed by atoms with Crippen molar-refractivity contribution in [2.75, 3.05) is 18.4 Å². The van der Waals surface area contributed by atoms with E-state index in [1.54, 1.807) is 22.4 Å². The number of nitrogens with zero attached hydrogens (tertiary/aromatic N) is 6. The zero-order valence-corrected chi connectivity index (χ0v) is 13.5. The van der Waals surface area contributed by atoms with E-state index >= 15 is 0 Å². The zero-order valence-electron chi connectivity index (χ0n) is 13.5. The van der Waals surface area contributed by atoms with E-state index in [1.807, 2.05) is 18.3 Å². The first-order valence-electron chi connectivity index (χ1n) is 7.87. The van der Waals surface area contributed by atoms with Crippen LogP contribution in [-0.4, -0.2) is 43.4 Å². The van der Waals surface area contributed by atoms with Crippen LogP contribution in [0.15, 0.2) is 29.0 Å². The number of carbonyl (C=O) groups excluding carboxylic acids is 1. The van der Waals surface area contributed by atoms with Crippen molar-refractivity contribution in [1.29, 1.82) is 5.26 Å². The van der Waals surface area contributed by atoms with E-state index in [0.717, 1.165) is 5.56 Å². The summed E-state index contributed by atoms with van der Waals surface area (Å²) in [6.07, 6.45) is 6.31. The van der Waals surface area contributed by atoms with E-state index in [1.165, 1.54) is 0 Å². The standard InChI is InChI=1S/C16H15N7O2/c1-10-18-15(21-25-10)11-2-3-14-19-13(8-23(14)7-11)20-16(24)12-4-5-22(6-12)9-17/h2-3,7-8,12H,4-6H2,1H3,(H,20,24). The number of likely N-dealkylation sites (tertiary alicyclic amines) is 1. The third-order valence-electron chi connectivity index (χ3n) is 4.19. The fraction of sp³-hybridized carbons (Fsp3) is 0.312. The van der Waals surface area contributed by atoms with Gasteiger partial charge in [0, 0.05) is 31.8 Å². The number of aryl methyl sites for hydroxylation is 1. The molecule has 1 N–H and O–H groups in total. The number of amides is 1. The second-order valence-corrected chi connectivity index (χ2v) is 5.97. The highest BCUT2D eigenvalue weighted by atomic mass is 16.5. The Morgan fingerprint density at radius 1 is 1.40 bits per heavy atom. The smallest absolute Gasteiger partial charge is 0.230 e. The van der Waals surface area contributed by atoms with Crippen molar-refractivity contribution in [3.8, 4) is 17.6 Å². The van der Waals surface area contributed by atoms with E-state index in [0.29, 0.717) is 42.7 Å². The normalized spacial score (nSPS) is 17.0. The minimum Gasteiger partial charge on any atom is -0.339 e.